The number of pyridine rings is 1. The molecule has 0 bridgehead atoms. The molecular weight excluding hydrogens is 238 g/mol. The molecule has 0 aliphatic heterocycles. The monoisotopic (exact) mass is 248 g/mol. The Morgan fingerprint density at radius 2 is 1.89 bits per heavy atom. The van der Waals surface area contributed by atoms with E-state index in [1.165, 1.54) is 12.3 Å². The van der Waals surface area contributed by atoms with Crippen LogP contribution in [0.1, 0.15) is 17.0 Å². The third-order valence-corrected chi connectivity index (χ3v) is 2.58. The van der Waals surface area contributed by atoms with Crippen LogP contribution in [0, 0.1) is 11.6 Å². The van der Waals surface area contributed by atoms with Gasteiger partial charge >= 0.3 is 0 Å². The van der Waals surface area contributed by atoms with Gasteiger partial charge in [0.2, 0.25) is 0 Å². The zero-order valence-electron chi connectivity index (χ0n) is 9.29. The van der Waals surface area contributed by atoms with Crippen LogP contribution in [-0.2, 0) is 0 Å². The van der Waals surface area contributed by atoms with Crippen LogP contribution in [0.4, 0.5) is 8.78 Å². The quantitative estimate of drug-likeness (QED) is 0.515. The average Bonchev–Trinajstić information content (AvgIpc) is 2.38. The normalized spacial score (nSPS) is 12.8. The summed E-state index contributed by atoms with van der Waals surface area (Å²) in [6.07, 6.45) is 4.29. The maximum Gasteiger partial charge on any atom is 0.130 e. The Morgan fingerprint density at radius 3 is 2.50 bits per heavy atom. The standard InChI is InChI=1S/C13H10F2N2O/c14-10-1-2-11(13(15)7-10)12(8-17-18)9-3-5-16-6-4-9/h1-8,12,18H. The first-order chi connectivity index (χ1) is 8.72. The molecule has 0 saturated carbocycles. The second-order valence-electron chi connectivity index (χ2n) is 3.69. The minimum Gasteiger partial charge on any atom is -0.411 e. The largest absolute Gasteiger partial charge is 0.411 e. The molecular formula is C13H10F2N2O. The maximum atomic E-state index is 13.7. The number of oxime groups is 1. The molecule has 0 saturated heterocycles. The van der Waals surface area contributed by atoms with Crippen molar-refractivity contribution in [3.05, 3.63) is 65.5 Å². The summed E-state index contributed by atoms with van der Waals surface area (Å²) in [6.45, 7) is 0. The lowest BCUT2D eigenvalue weighted by atomic mass is 9.93. The minimum absolute atomic E-state index is 0.236. The first-order valence-corrected chi connectivity index (χ1v) is 5.25. The van der Waals surface area contributed by atoms with Crippen LogP contribution in [-0.4, -0.2) is 16.4 Å². The van der Waals surface area contributed by atoms with Gasteiger partial charge in [0, 0.05) is 24.0 Å². The lowest BCUT2D eigenvalue weighted by Gasteiger charge is -2.13. The molecule has 1 atom stereocenters. The molecule has 0 fully saturated rings. The molecule has 92 valence electrons. The van der Waals surface area contributed by atoms with Crippen molar-refractivity contribution >= 4 is 6.21 Å². The first-order valence-electron chi connectivity index (χ1n) is 5.25. The van der Waals surface area contributed by atoms with E-state index in [9.17, 15) is 8.78 Å². The molecule has 1 aromatic heterocycles. The highest BCUT2D eigenvalue weighted by Gasteiger charge is 2.16. The van der Waals surface area contributed by atoms with Crippen LogP contribution in [0.5, 0.6) is 0 Å². The van der Waals surface area contributed by atoms with Crippen LogP contribution in [0.3, 0.4) is 0 Å². The number of halogens is 2. The van der Waals surface area contributed by atoms with Crippen molar-refractivity contribution in [2.75, 3.05) is 0 Å². The van der Waals surface area contributed by atoms with Gasteiger partial charge in [-0.25, -0.2) is 8.78 Å². The van der Waals surface area contributed by atoms with Crippen molar-refractivity contribution in [1.29, 1.82) is 0 Å². The summed E-state index contributed by atoms with van der Waals surface area (Å²) in [4.78, 5) is 3.86. The predicted molar refractivity (Wildman–Crippen MR) is 62.7 cm³/mol. The molecule has 0 aliphatic rings. The Kier molecular flexibility index (Phi) is 3.62. The van der Waals surface area contributed by atoms with Crippen molar-refractivity contribution < 1.29 is 14.0 Å². The molecule has 1 N–H and O–H groups in total. The highest BCUT2D eigenvalue weighted by molar-refractivity contribution is 5.72. The van der Waals surface area contributed by atoms with E-state index in [-0.39, 0.29) is 5.56 Å². The zero-order chi connectivity index (χ0) is 13.0. The van der Waals surface area contributed by atoms with Gasteiger partial charge in [0.25, 0.3) is 0 Å². The fraction of sp³-hybridized carbons (Fsp3) is 0.0769. The van der Waals surface area contributed by atoms with E-state index in [0.29, 0.717) is 5.56 Å². The first kappa shape index (κ1) is 12.2. The Bertz CT molecular complexity index is 558. The number of hydrogen-bond acceptors (Lipinski definition) is 3. The van der Waals surface area contributed by atoms with E-state index in [4.69, 9.17) is 5.21 Å². The Labute approximate surface area is 102 Å². The van der Waals surface area contributed by atoms with E-state index >= 15 is 0 Å². The summed E-state index contributed by atoms with van der Waals surface area (Å²) in [6, 6.07) is 6.65. The molecule has 2 aromatic rings. The Hall–Kier alpha value is -2.30. The summed E-state index contributed by atoms with van der Waals surface area (Å²) in [5.41, 5.74) is 0.939. The van der Waals surface area contributed by atoms with Gasteiger partial charge in [0.15, 0.2) is 0 Å². The average molecular weight is 248 g/mol. The van der Waals surface area contributed by atoms with Crippen LogP contribution in [0.25, 0.3) is 0 Å². The molecule has 0 radical (unpaired) electrons. The summed E-state index contributed by atoms with van der Waals surface area (Å²) in [5.74, 6) is -1.92. The highest BCUT2D eigenvalue weighted by atomic mass is 19.1. The van der Waals surface area contributed by atoms with Gasteiger partial charge in [-0.2, -0.15) is 0 Å². The van der Waals surface area contributed by atoms with Crippen LogP contribution in [0.15, 0.2) is 47.9 Å². The molecule has 2 rings (SSSR count). The summed E-state index contributed by atoms with van der Waals surface area (Å²) < 4.78 is 26.6. The molecule has 5 heteroatoms. The zero-order valence-corrected chi connectivity index (χ0v) is 9.29. The second-order valence-corrected chi connectivity index (χ2v) is 3.69. The SMILES string of the molecule is ON=CC(c1ccncc1)c1ccc(F)cc1F. The fourth-order valence-electron chi connectivity index (χ4n) is 1.74. The molecule has 18 heavy (non-hydrogen) atoms. The van der Waals surface area contributed by atoms with E-state index in [2.05, 4.69) is 10.1 Å². The minimum atomic E-state index is -0.684. The molecule has 0 amide bonds. The van der Waals surface area contributed by atoms with E-state index in [1.807, 2.05) is 0 Å². The number of nitrogens with zero attached hydrogens (tertiary/aromatic N) is 2. The summed E-state index contributed by atoms with van der Waals surface area (Å²) in [7, 11) is 0. The fourth-order valence-corrected chi connectivity index (χ4v) is 1.74. The van der Waals surface area contributed by atoms with Crippen LogP contribution < -0.4 is 0 Å². The van der Waals surface area contributed by atoms with Gasteiger partial charge in [0.1, 0.15) is 11.6 Å². The van der Waals surface area contributed by atoms with Gasteiger partial charge in [-0.15, -0.1) is 5.16 Å². The van der Waals surface area contributed by atoms with E-state index in [1.54, 1.807) is 24.5 Å². The van der Waals surface area contributed by atoms with Gasteiger partial charge in [0.05, 0.1) is 12.1 Å². The maximum absolute atomic E-state index is 13.7. The smallest absolute Gasteiger partial charge is 0.130 e. The topological polar surface area (TPSA) is 45.5 Å². The molecule has 0 aliphatic carbocycles. The summed E-state index contributed by atoms with van der Waals surface area (Å²) >= 11 is 0. The van der Waals surface area contributed by atoms with Gasteiger partial charge in [-0.3, -0.25) is 4.98 Å². The Balaban J connectivity index is 2.48. The van der Waals surface area contributed by atoms with Gasteiger partial charge < -0.3 is 5.21 Å². The van der Waals surface area contributed by atoms with Crippen molar-refractivity contribution in [2.24, 2.45) is 5.16 Å². The lowest BCUT2D eigenvalue weighted by molar-refractivity contribution is 0.320. The number of aromatic nitrogens is 1. The van der Waals surface area contributed by atoms with Crippen molar-refractivity contribution in [3.63, 3.8) is 0 Å². The van der Waals surface area contributed by atoms with Crippen molar-refractivity contribution in [1.82, 2.24) is 4.98 Å². The molecule has 1 unspecified atom stereocenters. The van der Waals surface area contributed by atoms with Crippen molar-refractivity contribution in [2.45, 2.75) is 5.92 Å². The Morgan fingerprint density at radius 1 is 1.17 bits per heavy atom. The molecule has 1 aromatic carbocycles. The predicted octanol–water partition coefficient (Wildman–Crippen LogP) is 2.95. The third kappa shape index (κ3) is 2.51. The molecule has 0 spiro atoms. The molecule has 3 nitrogen and oxygen atoms in total. The number of benzene rings is 1. The number of rotatable bonds is 3. The van der Waals surface area contributed by atoms with E-state index in [0.717, 1.165) is 12.1 Å². The van der Waals surface area contributed by atoms with Crippen molar-refractivity contribution in [3.8, 4) is 0 Å². The second kappa shape index (κ2) is 5.35. The van der Waals surface area contributed by atoms with Gasteiger partial charge in [-0.1, -0.05) is 6.07 Å². The summed E-state index contributed by atoms with van der Waals surface area (Å²) in [5, 5.41) is 11.6. The lowest BCUT2D eigenvalue weighted by Crippen LogP contribution is -2.06. The number of hydrogen-bond donors (Lipinski definition) is 1. The third-order valence-electron chi connectivity index (χ3n) is 2.58. The van der Waals surface area contributed by atoms with E-state index < -0.39 is 17.6 Å². The van der Waals surface area contributed by atoms with Gasteiger partial charge in [-0.05, 0) is 23.8 Å². The molecule has 1 heterocycles. The van der Waals surface area contributed by atoms with Crippen LogP contribution in [0.2, 0.25) is 0 Å². The van der Waals surface area contributed by atoms with Crippen LogP contribution >= 0.6 is 0 Å². The highest BCUT2D eigenvalue weighted by Crippen LogP contribution is 2.25.